The molecule has 0 bridgehead atoms. The molecule has 5 nitrogen and oxygen atoms in total. The Kier molecular flexibility index (Phi) is 7.85. The van der Waals surface area contributed by atoms with Crippen molar-refractivity contribution in [2.45, 2.75) is 25.9 Å². The highest BCUT2D eigenvalue weighted by Crippen LogP contribution is 2.38. The molecule has 7 heteroatoms. The number of esters is 1. The third-order valence-electron chi connectivity index (χ3n) is 5.23. The number of anilines is 1. The number of halogens is 1. The molecule has 4 rings (SSSR count). The van der Waals surface area contributed by atoms with Gasteiger partial charge >= 0.3 is 5.97 Å². The molecule has 0 saturated heterocycles. The van der Waals surface area contributed by atoms with E-state index in [1.54, 1.807) is 0 Å². The Morgan fingerprint density at radius 3 is 2.32 bits per heavy atom. The molecule has 0 fully saturated rings. The predicted molar refractivity (Wildman–Crippen MR) is 126 cm³/mol. The Hall–Kier alpha value is -2.67. The van der Waals surface area contributed by atoms with E-state index in [0.29, 0.717) is 10.6 Å². The van der Waals surface area contributed by atoms with E-state index in [2.05, 4.69) is 22.3 Å². The summed E-state index contributed by atoms with van der Waals surface area (Å²) in [5, 5.41) is 3.55. The highest BCUT2D eigenvalue weighted by atomic mass is 35.5. The fourth-order valence-corrected chi connectivity index (χ4v) is 5.09. The summed E-state index contributed by atoms with van der Waals surface area (Å²) in [5.74, 6) is -0.523. The summed E-state index contributed by atoms with van der Waals surface area (Å²) in [7, 11) is 1.38. The summed E-state index contributed by atoms with van der Waals surface area (Å²) in [6.45, 7) is 2.48. The lowest BCUT2D eigenvalue weighted by molar-refractivity contribution is -0.115. The minimum Gasteiger partial charge on any atom is -0.465 e. The van der Waals surface area contributed by atoms with Crippen molar-refractivity contribution in [2.24, 2.45) is 0 Å². The van der Waals surface area contributed by atoms with Crippen molar-refractivity contribution in [2.75, 3.05) is 19.0 Å². The van der Waals surface area contributed by atoms with Gasteiger partial charge in [0.2, 0.25) is 5.91 Å². The topological polar surface area (TPSA) is 58.6 Å². The largest absolute Gasteiger partial charge is 0.465 e. The average molecular weight is 457 g/mol. The lowest BCUT2D eigenvalue weighted by atomic mass is 10.0. The second kappa shape index (κ2) is 10.6. The molecule has 1 aliphatic heterocycles. The molecule has 2 aromatic carbocycles. The van der Waals surface area contributed by atoms with Crippen molar-refractivity contribution in [1.29, 1.82) is 0 Å². The summed E-state index contributed by atoms with van der Waals surface area (Å²) in [5.41, 5.74) is 3.72. The first kappa shape index (κ1) is 23.0. The summed E-state index contributed by atoms with van der Waals surface area (Å²) in [6, 6.07) is 19.9. The van der Waals surface area contributed by atoms with Gasteiger partial charge in [0.1, 0.15) is 5.00 Å². The van der Waals surface area contributed by atoms with Crippen LogP contribution in [-0.2, 0) is 35.5 Å². The second-order valence-electron chi connectivity index (χ2n) is 7.36. The quantitative estimate of drug-likeness (QED) is 0.546. The highest BCUT2D eigenvalue weighted by molar-refractivity contribution is 7.17. The van der Waals surface area contributed by atoms with E-state index in [1.807, 2.05) is 48.5 Å². The number of nitrogens with zero attached hydrogens (tertiary/aromatic N) is 1. The molecular formula is C24H25ClN2O3S. The first-order valence-corrected chi connectivity index (χ1v) is 10.8. The van der Waals surface area contributed by atoms with Gasteiger partial charge in [0.25, 0.3) is 0 Å². The SMILES string of the molecule is COC(=O)c1c(NC(=O)Cc2ccccc2)sc2c1CCN(Cc1ccccc1)C2.Cl. The van der Waals surface area contributed by atoms with Gasteiger partial charge in [0.15, 0.2) is 0 Å². The Labute approximate surface area is 192 Å². The van der Waals surface area contributed by atoms with Crippen LogP contribution in [0.3, 0.4) is 0 Å². The molecule has 0 aliphatic carbocycles. The lowest BCUT2D eigenvalue weighted by Gasteiger charge is -2.27. The third-order valence-corrected chi connectivity index (χ3v) is 6.37. The Bertz CT molecular complexity index is 1040. The molecule has 31 heavy (non-hydrogen) atoms. The monoisotopic (exact) mass is 456 g/mol. The van der Waals surface area contributed by atoms with Gasteiger partial charge in [0, 0.05) is 24.5 Å². The van der Waals surface area contributed by atoms with Gasteiger partial charge < -0.3 is 10.1 Å². The normalized spacial score (nSPS) is 13.1. The molecule has 1 aliphatic rings. The maximum atomic E-state index is 12.6. The van der Waals surface area contributed by atoms with Crippen molar-refractivity contribution in [3.05, 3.63) is 87.8 Å². The minimum absolute atomic E-state index is 0. The first-order valence-electron chi connectivity index (χ1n) is 9.97. The molecule has 2 heterocycles. The summed E-state index contributed by atoms with van der Waals surface area (Å²) < 4.78 is 5.03. The van der Waals surface area contributed by atoms with Crippen LogP contribution in [0.4, 0.5) is 5.00 Å². The van der Waals surface area contributed by atoms with Gasteiger partial charge in [0.05, 0.1) is 19.1 Å². The summed E-state index contributed by atoms with van der Waals surface area (Å²) >= 11 is 1.48. The van der Waals surface area contributed by atoms with Crippen LogP contribution in [0.15, 0.2) is 60.7 Å². The zero-order valence-corrected chi connectivity index (χ0v) is 18.9. The van der Waals surface area contributed by atoms with E-state index < -0.39 is 0 Å². The van der Waals surface area contributed by atoms with Crippen LogP contribution >= 0.6 is 23.7 Å². The maximum absolute atomic E-state index is 12.6. The van der Waals surface area contributed by atoms with Gasteiger partial charge in [-0.25, -0.2) is 4.79 Å². The van der Waals surface area contributed by atoms with Crippen LogP contribution in [0.5, 0.6) is 0 Å². The number of thiophene rings is 1. The number of benzene rings is 2. The van der Waals surface area contributed by atoms with E-state index >= 15 is 0 Å². The number of carbonyl (C=O) groups is 2. The smallest absolute Gasteiger partial charge is 0.341 e. The molecule has 0 saturated carbocycles. The van der Waals surface area contributed by atoms with Gasteiger partial charge in [-0.05, 0) is 23.1 Å². The van der Waals surface area contributed by atoms with E-state index in [9.17, 15) is 9.59 Å². The molecule has 162 valence electrons. The zero-order valence-electron chi connectivity index (χ0n) is 17.3. The maximum Gasteiger partial charge on any atom is 0.341 e. The Morgan fingerprint density at radius 2 is 1.68 bits per heavy atom. The fraction of sp³-hybridized carbons (Fsp3) is 0.250. The van der Waals surface area contributed by atoms with Crippen molar-refractivity contribution in [1.82, 2.24) is 4.90 Å². The first-order chi connectivity index (χ1) is 14.6. The van der Waals surface area contributed by atoms with Crippen LogP contribution in [0, 0.1) is 0 Å². The van der Waals surface area contributed by atoms with Crippen molar-refractivity contribution < 1.29 is 14.3 Å². The number of amides is 1. The van der Waals surface area contributed by atoms with Crippen LogP contribution in [0.2, 0.25) is 0 Å². The van der Waals surface area contributed by atoms with E-state index in [-0.39, 0.29) is 30.7 Å². The number of fused-ring (bicyclic) bond motifs is 1. The highest BCUT2D eigenvalue weighted by Gasteiger charge is 2.29. The van der Waals surface area contributed by atoms with Gasteiger partial charge in [-0.1, -0.05) is 60.7 Å². The Balaban J connectivity index is 0.00000272. The van der Waals surface area contributed by atoms with Crippen molar-refractivity contribution in [3.63, 3.8) is 0 Å². The molecule has 0 spiro atoms. The van der Waals surface area contributed by atoms with Crippen molar-refractivity contribution in [3.8, 4) is 0 Å². The number of methoxy groups -OCH3 is 1. The van der Waals surface area contributed by atoms with Gasteiger partial charge in [-0.15, -0.1) is 23.7 Å². The van der Waals surface area contributed by atoms with E-state index in [0.717, 1.165) is 42.1 Å². The second-order valence-corrected chi connectivity index (χ2v) is 8.46. The zero-order chi connectivity index (χ0) is 20.9. The summed E-state index contributed by atoms with van der Waals surface area (Å²) in [6.07, 6.45) is 1.03. The molecule has 1 aromatic heterocycles. The molecule has 3 aromatic rings. The van der Waals surface area contributed by atoms with Crippen molar-refractivity contribution >= 4 is 40.6 Å². The lowest BCUT2D eigenvalue weighted by Crippen LogP contribution is -2.29. The number of carbonyl (C=O) groups excluding carboxylic acids is 2. The predicted octanol–water partition coefficient (Wildman–Crippen LogP) is 4.70. The molecule has 0 atom stereocenters. The average Bonchev–Trinajstić information content (AvgIpc) is 3.11. The number of hydrogen-bond donors (Lipinski definition) is 1. The van der Waals surface area contributed by atoms with Crippen LogP contribution < -0.4 is 5.32 Å². The molecule has 1 amide bonds. The molecule has 0 radical (unpaired) electrons. The fourth-order valence-electron chi connectivity index (χ4n) is 3.79. The number of ether oxygens (including phenoxy) is 1. The summed E-state index contributed by atoms with van der Waals surface area (Å²) in [4.78, 5) is 28.6. The third kappa shape index (κ3) is 5.53. The molecule has 0 unspecified atom stereocenters. The molecular weight excluding hydrogens is 432 g/mol. The van der Waals surface area contributed by atoms with Gasteiger partial charge in [-0.2, -0.15) is 0 Å². The standard InChI is InChI=1S/C24H24N2O3S.ClH/c1-29-24(28)22-19-12-13-26(15-18-10-6-3-7-11-18)16-20(19)30-23(22)25-21(27)14-17-8-4-2-5-9-17;/h2-11H,12-16H2,1H3,(H,25,27);1H. The van der Waals surface area contributed by atoms with E-state index in [1.165, 1.54) is 24.0 Å². The van der Waals surface area contributed by atoms with Crippen LogP contribution in [0.25, 0.3) is 0 Å². The number of rotatable bonds is 6. The minimum atomic E-state index is -0.390. The Morgan fingerprint density at radius 1 is 1.03 bits per heavy atom. The van der Waals surface area contributed by atoms with Crippen LogP contribution in [-0.4, -0.2) is 30.4 Å². The van der Waals surface area contributed by atoms with Gasteiger partial charge in [-0.3, -0.25) is 9.69 Å². The van der Waals surface area contributed by atoms with E-state index in [4.69, 9.17) is 4.74 Å². The number of hydrogen-bond acceptors (Lipinski definition) is 5. The van der Waals surface area contributed by atoms with Crippen LogP contribution in [0.1, 0.15) is 31.9 Å². The number of nitrogens with one attached hydrogen (secondary N) is 1. The molecule has 1 N–H and O–H groups in total.